The van der Waals surface area contributed by atoms with Gasteiger partial charge in [0.1, 0.15) is 6.10 Å². The molecule has 0 heterocycles. The third-order valence-corrected chi connectivity index (χ3v) is 12.8. The second kappa shape index (κ2) is 49.6. The molecule has 3 N–H and O–H groups in total. The zero-order chi connectivity index (χ0) is 44.5. The fourth-order valence-corrected chi connectivity index (χ4v) is 8.66. The Labute approximate surface area is 380 Å². The number of amides is 1. The topological polar surface area (TPSA) is 95.9 Å². The van der Waals surface area contributed by atoms with E-state index in [0.29, 0.717) is 19.3 Å². The smallest absolute Gasteiger partial charge is 0.306 e. The van der Waals surface area contributed by atoms with Crippen LogP contribution >= 0.6 is 0 Å². The molecule has 1 amide bonds. The molecular formula is C55H107NO5. The molecule has 0 saturated heterocycles. The summed E-state index contributed by atoms with van der Waals surface area (Å²) in [6, 6.07) is -0.697. The third kappa shape index (κ3) is 45.0. The highest BCUT2D eigenvalue weighted by atomic mass is 16.5. The number of allylic oxidation sites excluding steroid dienone is 2. The van der Waals surface area contributed by atoms with Crippen LogP contribution in [0, 0.1) is 0 Å². The van der Waals surface area contributed by atoms with Crippen LogP contribution in [-0.4, -0.2) is 46.9 Å². The van der Waals surface area contributed by atoms with Gasteiger partial charge in [-0.2, -0.15) is 0 Å². The van der Waals surface area contributed by atoms with Crippen LogP contribution in [0.2, 0.25) is 0 Å². The summed E-state index contributed by atoms with van der Waals surface area (Å²) in [6.07, 6.45) is 55.7. The summed E-state index contributed by atoms with van der Waals surface area (Å²) in [4.78, 5) is 26.2. The molecule has 3 atom stereocenters. The van der Waals surface area contributed by atoms with Crippen molar-refractivity contribution in [3.05, 3.63) is 12.2 Å². The number of carbonyl (C=O) groups excluding carboxylic acids is 2. The number of unbranched alkanes of at least 4 members (excludes halogenated alkanes) is 36. The first-order chi connectivity index (χ1) is 30.0. The lowest BCUT2D eigenvalue weighted by atomic mass is 10.0. The van der Waals surface area contributed by atoms with Gasteiger partial charge < -0.3 is 20.3 Å². The zero-order valence-corrected chi connectivity index (χ0v) is 41.3. The molecule has 0 spiro atoms. The molecule has 0 saturated carbocycles. The molecule has 0 bridgehead atoms. The van der Waals surface area contributed by atoms with Crippen molar-refractivity contribution in [3.8, 4) is 0 Å². The maximum absolute atomic E-state index is 13.2. The van der Waals surface area contributed by atoms with Crippen molar-refractivity contribution in [1.29, 1.82) is 0 Å². The first-order valence-corrected chi connectivity index (χ1v) is 27.4. The third-order valence-electron chi connectivity index (χ3n) is 12.8. The van der Waals surface area contributed by atoms with Crippen molar-refractivity contribution in [3.63, 3.8) is 0 Å². The summed E-state index contributed by atoms with van der Waals surface area (Å²) in [6.45, 7) is 6.49. The van der Waals surface area contributed by atoms with Gasteiger partial charge in [-0.15, -0.1) is 0 Å². The lowest BCUT2D eigenvalue weighted by Crippen LogP contribution is -2.46. The summed E-state index contributed by atoms with van der Waals surface area (Å²) in [7, 11) is 0. The van der Waals surface area contributed by atoms with Gasteiger partial charge >= 0.3 is 5.97 Å². The maximum Gasteiger partial charge on any atom is 0.306 e. The van der Waals surface area contributed by atoms with Gasteiger partial charge in [0.15, 0.2) is 0 Å². The molecule has 0 rings (SSSR count). The van der Waals surface area contributed by atoms with Crippen LogP contribution in [0.1, 0.15) is 303 Å². The van der Waals surface area contributed by atoms with E-state index in [2.05, 4.69) is 38.2 Å². The van der Waals surface area contributed by atoms with Crippen molar-refractivity contribution in [2.75, 3.05) is 6.61 Å². The number of nitrogens with one attached hydrogen (secondary N) is 1. The van der Waals surface area contributed by atoms with Crippen molar-refractivity contribution in [2.24, 2.45) is 0 Å². The highest BCUT2D eigenvalue weighted by Crippen LogP contribution is 2.19. The average molecular weight is 862 g/mol. The largest absolute Gasteiger partial charge is 0.462 e. The first kappa shape index (κ1) is 59.6. The fraction of sp³-hybridized carbons (Fsp3) is 0.927. The number of carbonyl (C=O) groups is 2. The van der Waals surface area contributed by atoms with Crippen LogP contribution in [0.3, 0.4) is 0 Å². The van der Waals surface area contributed by atoms with Crippen LogP contribution in [0.5, 0.6) is 0 Å². The minimum Gasteiger partial charge on any atom is -0.462 e. The molecule has 0 aromatic heterocycles. The van der Waals surface area contributed by atoms with Gasteiger partial charge in [-0.1, -0.05) is 251 Å². The van der Waals surface area contributed by atoms with E-state index in [1.54, 1.807) is 0 Å². The van der Waals surface area contributed by atoms with E-state index in [1.165, 1.54) is 199 Å². The van der Waals surface area contributed by atoms with Gasteiger partial charge in [0.2, 0.25) is 5.91 Å². The van der Waals surface area contributed by atoms with Crippen molar-refractivity contribution >= 4 is 11.9 Å². The SMILES string of the molecule is CCCCCC/C=C\CCCCCCCC(CC(=O)NC(CO)C(O)CCCCCCCCCCCC)OC(=O)CCCCCCCCCCCCCCCCCCCCC. The highest BCUT2D eigenvalue weighted by molar-refractivity contribution is 5.77. The van der Waals surface area contributed by atoms with E-state index in [-0.39, 0.29) is 24.9 Å². The highest BCUT2D eigenvalue weighted by Gasteiger charge is 2.24. The molecule has 0 aromatic rings. The van der Waals surface area contributed by atoms with Crippen LogP contribution in [0.15, 0.2) is 12.2 Å². The standard InChI is InChI=1S/C55H107NO5/c1-4-7-10-13-16-19-22-24-25-26-27-28-29-31-33-36-39-42-45-48-55(60)61-51(46-43-40-37-34-32-30-23-20-17-14-11-8-5-2)49-54(59)56-52(50-57)53(58)47-44-41-38-35-21-18-15-12-9-6-3/h20,23,51-53,57-58H,4-19,21-22,24-50H2,1-3H3,(H,56,59)/b23-20-. The number of aliphatic hydroxyl groups is 2. The summed E-state index contributed by atoms with van der Waals surface area (Å²) >= 11 is 0. The van der Waals surface area contributed by atoms with Gasteiger partial charge in [-0.25, -0.2) is 0 Å². The Hall–Kier alpha value is -1.40. The molecule has 0 aliphatic rings. The monoisotopic (exact) mass is 862 g/mol. The zero-order valence-electron chi connectivity index (χ0n) is 41.3. The van der Waals surface area contributed by atoms with Crippen LogP contribution < -0.4 is 5.32 Å². The number of aliphatic hydroxyl groups excluding tert-OH is 2. The second-order valence-corrected chi connectivity index (χ2v) is 19.0. The fourth-order valence-electron chi connectivity index (χ4n) is 8.66. The number of ether oxygens (including phenoxy) is 1. The quantitative estimate of drug-likeness (QED) is 0.0322. The average Bonchev–Trinajstić information content (AvgIpc) is 3.25. The van der Waals surface area contributed by atoms with E-state index in [1.807, 2.05) is 0 Å². The minimum absolute atomic E-state index is 0.0788. The van der Waals surface area contributed by atoms with Gasteiger partial charge in [-0.3, -0.25) is 9.59 Å². The lowest BCUT2D eigenvalue weighted by Gasteiger charge is -2.24. The van der Waals surface area contributed by atoms with E-state index in [4.69, 9.17) is 4.74 Å². The van der Waals surface area contributed by atoms with Crippen LogP contribution in [0.4, 0.5) is 0 Å². The molecule has 61 heavy (non-hydrogen) atoms. The van der Waals surface area contributed by atoms with Gasteiger partial charge in [0.05, 0.1) is 25.2 Å². The van der Waals surface area contributed by atoms with E-state index in [9.17, 15) is 19.8 Å². The predicted octanol–water partition coefficient (Wildman–Crippen LogP) is 16.5. The second-order valence-electron chi connectivity index (χ2n) is 19.0. The van der Waals surface area contributed by atoms with Crippen LogP contribution in [-0.2, 0) is 14.3 Å². The molecular weight excluding hydrogens is 755 g/mol. The number of esters is 1. The maximum atomic E-state index is 13.2. The molecule has 0 fully saturated rings. The van der Waals surface area contributed by atoms with Crippen molar-refractivity contribution < 1.29 is 24.5 Å². The van der Waals surface area contributed by atoms with Gasteiger partial charge in [0, 0.05) is 6.42 Å². The summed E-state index contributed by atoms with van der Waals surface area (Å²) in [5.74, 6) is -0.463. The summed E-state index contributed by atoms with van der Waals surface area (Å²) in [5.41, 5.74) is 0. The van der Waals surface area contributed by atoms with E-state index in [0.717, 1.165) is 57.8 Å². The van der Waals surface area contributed by atoms with Crippen molar-refractivity contribution in [1.82, 2.24) is 5.32 Å². The number of hydrogen-bond donors (Lipinski definition) is 3. The van der Waals surface area contributed by atoms with E-state index < -0.39 is 18.2 Å². The van der Waals surface area contributed by atoms with Gasteiger partial charge in [-0.05, 0) is 51.4 Å². The molecule has 3 unspecified atom stereocenters. The normalized spacial score (nSPS) is 13.2. The van der Waals surface area contributed by atoms with Gasteiger partial charge in [0.25, 0.3) is 0 Å². The molecule has 0 aliphatic carbocycles. The Morgan fingerprint density at radius 2 is 0.787 bits per heavy atom. The molecule has 0 aromatic carbocycles. The Bertz CT molecular complexity index is 924. The lowest BCUT2D eigenvalue weighted by molar-refractivity contribution is -0.151. The molecule has 0 radical (unpaired) electrons. The molecule has 6 heteroatoms. The van der Waals surface area contributed by atoms with E-state index >= 15 is 0 Å². The molecule has 362 valence electrons. The first-order valence-electron chi connectivity index (χ1n) is 27.4. The Kier molecular flexibility index (Phi) is 48.5. The van der Waals surface area contributed by atoms with Crippen molar-refractivity contribution in [2.45, 2.75) is 322 Å². The molecule has 0 aliphatic heterocycles. The summed E-state index contributed by atoms with van der Waals surface area (Å²) in [5, 5.41) is 23.7. The summed E-state index contributed by atoms with van der Waals surface area (Å²) < 4.78 is 5.95. The minimum atomic E-state index is -0.783. The molecule has 6 nitrogen and oxygen atoms in total. The Balaban J connectivity index is 4.46. The number of rotatable bonds is 50. The predicted molar refractivity (Wildman–Crippen MR) is 264 cm³/mol. The Morgan fingerprint density at radius 1 is 0.459 bits per heavy atom. The van der Waals surface area contributed by atoms with Crippen LogP contribution in [0.25, 0.3) is 0 Å². The number of hydrogen-bond acceptors (Lipinski definition) is 5. The Morgan fingerprint density at radius 3 is 1.18 bits per heavy atom.